The number of aliphatic hydroxyl groups excluding tert-OH is 1. The van der Waals surface area contributed by atoms with Crippen LogP contribution in [-0.4, -0.2) is 103 Å². The minimum Gasteiger partial charge on any atom is -0.478 e. The highest BCUT2D eigenvalue weighted by molar-refractivity contribution is 7.88. The first-order valence-corrected chi connectivity index (χ1v) is 15.2. The van der Waals surface area contributed by atoms with E-state index >= 15 is 0 Å². The van der Waals surface area contributed by atoms with Crippen LogP contribution in [0.5, 0.6) is 0 Å². The van der Waals surface area contributed by atoms with Gasteiger partial charge in [0.05, 0.1) is 23.9 Å². The van der Waals surface area contributed by atoms with E-state index < -0.39 is 58.4 Å². The summed E-state index contributed by atoms with van der Waals surface area (Å²) in [6.45, 7) is 0.761. The second kappa shape index (κ2) is 14.3. The van der Waals surface area contributed by atoms with Gasteiger partial charge >= 0.3 is 5.97 Å². The molecule has 4 atom stereocenters. The number of benzene rings is 1. The highest BCUT2D eigenvalue weighted by atomic mass is 32.2. The van der Waals surface area contributed by atoms with Crippen molar-refractivity contribution in [3.05, 3.63) is 35.4 Å². The third-order valence-electron chi connectivity index (χ3n) is 7.33. The number of hydrogen-bond donors (Lipinski definition) is 9. The Balaban J connectivity index is 1.70. The van der Waals surface area contributed by atoms with Crippen LogP contribution < -0.4 is 26.8 Å². The molecule has 1 aromatic rings. The van der Waals surface area contributed by atoms with Gasteiger partial charge in [0.25, 0.3) is 0 Å². The molecule has 16 nitrogen and oxygen atoms in total. The number of amides is 2. The van der Waals surface area contributed by atoms with E-state index in [0.717, 1.165) is 0 Å². The quantitative estimate of drug-likeness (QED) is 0.0985. The first kappa shape index (κ1) is 32.6. The van der Waals surface area contributed by atoms with Crippen molar-refractivity contribution in [1.82, 2.24) is 25.2 Å². The third kappa shape index (κ3) is 9.02. The number of likely N-dealkylation sites (tertiary alicyclic amines) is 2. The smallest absolute Gasteiger partial charge is 0.335 e. The Bertz CT molecular complexity index is 1290. The maximum absolute atomic E-state index is 13.2. The molecule has 1 aromatic carbocycles. The number of carbonyl (C=O) groups excluding carboxylic acids is 2. The second-order valence-corrected chi connectivity index (χ2v) is 12.2. The lowest BCUT2D eigenvalue weighted by atomic mass is 9.91. The van der Waals surface area contributed by atoms with Crippen LogP contribution in [-0.2, 0) is 25.4 Å². The Morgan fingerprint density at radius 2 is 1.76 bits per heavy atom. The number of carboxylic acid groups (broad SMARTS) is 1. The monoisotopic (exact) mass is 609 g/mol. The minimum absolute atomic E-state index is 0.0436. The van der Waals surface area contributed by atoms with Gasteiger partial charge in [-0.15, -0.1) is 0 Å². The van der Waals surface area contributed by atoms with Crippen molar-refractivity contribution in [2.24, 2.45) is 17.4 Å². The van der Waals surface area contributed by atoms with E-state index in [2.05, 4.69) is 15.4 Å². The van der Waals surface area contributed by atoms with E-state index in [1.165, 1.54) is 29.2 Å². The van der Waals surface area contributed by atoms with Crippen LogP contribution in [0.4, 0.5) is 0 Å². The molecule has 0 radical (unpaired) electrons. The Morgan fingerprint density at radius 1 is 1.07 bits per heavy atom. The first-order chi connectivity index (χ1) is 19.8. The molecule has 1 unspecified atom stereocenters. The SMILES string of the molecule is N=C(N)N1CCCC(C[C@@H](NS(=O)(=O)Cc2ccccc2C(=O)O)C(=O)NCC(=O)N[C@H]2CCCN(C(=N)N)[C@@H]2O)C1. The van der Waals surface area contributed by atoms with Gasteiger partial charge in [-0.3, -0.25) is 20.4 Å². The van der Waals surface area contributed by atoms with Crippen LogP contribution >= 0.6 is 0 Å². The van der Waals surface area contributed by atoms with Gasteiger partial charge in [-0.25, -0.2) is 17.9 Å². The minimum atomic E-state index is -4.22. The molecular formula is C25H39N9O7S. The zero-order chi connectivity index (χ0) is 31.0. The standard InChI is InChI=1S/C25H39N9O7S/c26-24(27)33-9-3-5-15(13-33)11-19(32-42(40,41)14-16-6-1-2-7-17(16)23(38)39)21(36)30-12-20(35)31-18-8-4-10-34(22(18)37)25(28)29/h1-2,6-7,15,18-19,22,32,37H,3-5,8-14H2,(H3,26,27)(H3,28,29)(H,30,36)(H,31,35)(H,38,39)/t15?,18-,19+,22+/m0/s1. The highest BCUT2D eigenvalue weighted by Gasteiger charge is 2.33. The summed E-state index contributed by atoms with van der Waals surface area (Å²) in [7, 11) is -4.22. The van der Waals surface area contributed by atoms with Gasteiger partial charge in [0.2, 0.25) is 21.8 Å². The van der Waals surface area contributed by atoms with E-state index in [1.807, 2.05) is 0 Å². The van der Waals surface area contributed by atoms with Crippen LogP contribution in [0.15, 0.2) is 24.3 Å². The number of aromatic carboxylic acids is 1. The lowest BCUT2D eigenvalue weighted by molar-refractivity contribution is -0.128. The molecule has 3 rings (SSSR count). The summed E-state index contributed by atoms with van der Waals surface area (Å²) in [5.41, 5.74) is 11.0. The Morgan fingerprint density at radius 3 is 2.43 bits per heavy atom. The van der Waals surface area contributed by atoms with Crippen LogP contribution in [0.2, 0.25) is 0 Å². The number of nitrogens with zero attached hydrogens (tertiary/aromatic N) is 2. The van der Waals surface area contributed by atoms with Crippen LogP contribution in [0.3, 0.4) is 0 Å². The van der Waals surface area contributed by atoms with Crippen molar-refractivity contribution in [3.8, 4) is 0 Å². The number of guanidine groups is 2. The van der Waals surface area contributed by atoms with Crippen LogP contribution in [0.25, 0.3) is 0 Å². The second-order valence-electron chi connectivity index (χ2n) is 10.5. The van der Waals surface area contributed by atoms with Gasteiger partial charge in [-0.2, -0.15) is 0 Å². The highest BCUT2D eigenvalue weighted by Crippen LogP contribution is 2.22. The van der Waals surface area contributed by atoms with Gasteiger partial charge < -0.3 is 42.1 Å². The van der Waals surface area contributed by atoms with E-state index in [4.69, 9.17) is 22.3 Å². The first-order valence-electron chi connectivity index (χ1n) is 13.5. The van der Waals surface area contributed by atoms with Gasteiger partial charge in [-0.1, -0.05) is 18.2 Å². The summed E-state index contributed by atoms with van der Waals surface area (Å²) < 4.78 is 28.7. The number of hydrogen-bond acceptors (Lipinski definition) is 8. The average Bonchev–Trinajstić information content (AvgIpc) is 2.92. The van der Waals surface area contributed by atoms with Gasteiger partial charge in [0, 0.05) is 19.6 Å². The third-order valence-corrected chi connectivity index (χ3v) is 8.67. The fraction of sp³-hybridized carbons (Fsp3) is 0.560. The largest absolute Gasteiger partial charge is 0.478 e. The number of rotatable bonds is 11. The molecule has 2 amide bonds. The van der Waals surface area contributed by atoms with Crippen molar-refractivity contribution in [3.63, 3.8) is 0 Å². The van der Waals surface area contributed by atoms with E-state index in [0.29, 0.717) is 45.3 Å². The zero-order valence-corrected chi connectivity index (χ0v) is 23.9. The summed E-state index contributed by atoms with van der Waals surface area (Å²) in [5.74, 6) is -4.03. The molecule has 42 heavy (non-hydrogen) atoms. The summed E-state index contributed by atoms with van der Waals surface area (Å²) in [6.07, 6.45) is 1.18. The van der Waals surface area contributed by atoms with Gasteiger partial charge in [-0.05, 0) is 49.7 Å². The number of carbonyl (C=O) groups is 3. The molecule has 0 spiro atoms. The molecule has 11 N–H and O–H groups in total. The normalized spacial score (nSPS) is 21.7. The summed E-state index contributed by atoms with van der Waals surface area (Å²) >= 11 is 0. The zero-order valence-electron chi connectivity index (χ0n) is 23.1. The van der Waals surface area contributed by atoms with Crippen molar-refractivity contribution in [2.75, 3.05) is 26.2 Å². The molecule has 17 heteroatoms. The Kier molecular flexibility index (Phi) is 11.1. The van der Waals surface area contributed by atoms with Crippen LogP contribution in [0, 0.1) is 16.7 Å². The summed E-state index contributed by atoms with van der Waals surface area (Å²) in [5, 5.41) is 40.2. The van der Waals surface area contributed by atoms with Gasteiger partial charge in [0.15, 0.2) is 11.9 Å². The number of sulfonamides is 1. The number of nitrogens with one attached hydrogen (secondary N) is 5. The molecule has 2 saturated heterocycles. The molecule has 2 aliphatic rings. The fourth-order valence-corrected chi connectivity index (χ4v) is 6.66. The Hall–Kier alpha value is -3.96. The molecule has 0 bridgehead atoms. The summed E-state index contributed by atoms with van der Waals surface area (Å²) in [6, 6.07) is 3.62. The molecule has 2 heterocycles. The lowest BCUT2D eigenvalue weighted by Gasteiger charge is -2.38. The number of carboxylic acids is 1. The van der Waals surface area contributed by atoms with Crippen molar-refractivity contribution in [1.29, 1.82) is 10.8 Å². The molecule has 2 fully saturated rings. The molecule has 0 saturated carbocycles. The molecule has 0 aliphatic carbocycles. The van der Waals surface area contributed by atoms with Crippen molar-refractivity contribution in [2.45, 2.75) is 56.2 Å². The number of piperidine rings is 2. The van der Waals surface area contributed by atoms with Crippen molar-refractivity contribution >= 4 is 39.7 Å². The summed E-state index contributed by atoms with van der Waals surface area (Å²) in [4.78, 5) is 40.3. The van der Waals surface area contributed by atoms with E-state index in [-0.39, 0.29) is 35.4 Å². The molecule has 0 aromatic heterocycles. The van der Waals surface area contributed by atoms with E-state index in [9.17, 15) is 33.0 Å². The Labute approximate surface area is 243 Å². The lowest BCUT2D eigenvalue weighted by Crippen LogP contribution is -2.59. The maximum atomic E-state index is 13.2. The topological polar surface area (TPSA) is 268 Å². The van der Waals surface area contributed by atoms with E-state index in [1.54, 1.807) is 4.90 Å². The maximum Gasteiger partial charge on any atom is 0.335 e. The predicted molar refractivity (Wildman–Crippen MR) is 153 cm³/mol. The molecule has 232 valence electrons. The van der Waals surface area contributed by atoms with Crippen LogP contribution in [0.1, 0.15) is 48.0 Å². The van der Waals surface area contributed by atoms with Gasteiger partial charge in [0.1, 0.15) is 12.3 Å². The van der Waals surface area contributed by atoms with Crippen molar-refractivity contribution < 1.29 is 33.0 Å². The fourth-order valence-electron chi connectivity index (χ4n) is 5.27. The number of aliphatic hydroxyl groups is 1. The number of nitrogens with two attached hydrogens (primary N) is 2. The molecule has 2 aliphatic heterocycles. The molecular weight excluding hydrogens is 570 g/mol. The predicted octanol–water partition coefficient (Wildman–Crippen LogP) is -1.92. The average molecular weight is 610 g/mol.